The summed E-state index contributed by atoms with van der Waals surface area (Å²) < 4.78 is 5.18. The van der Waals surface area contributed by atoms with Gasteiger partial charge in [-0.3, -0.25) is 9.69 Å². The number of carbonyl (C=O) groups is 1. The van der Waals surface area contributed by atoms with Gasteiger partial charge >= 0.3 is 0 Å². The normalized spacial score (nSPS) is 16.7. The van der Waals surface area contributed by atoms with Crippen LogP contribution in [0.5, 0.6) is 11.5 Å². The van der Waals surface area contributed by atoms with Crippen molar-refractivity contribution >= 4 is 5.91 Å². The van der Waals surface area contributed by atoms with Crippen molar-refractivity contribution in [2.75, 3.05) is 20.2 Å². The second-order valence-electron chi connectivity index (χ2n) is 7.16. The number of likely N-dealkylation sites (tertiary alicyclic amines) is 1. The van der Waals surface area contributed by atoms with Crippen LogP contribution in [0.2, 0.25) is 0 Å². The van der Waals surface area contributed by atoms with Crippen molar-refractivity contribution in [3.05, 3.63) is 59.7 Å². The fourth-order valence-electron chi connectivity index (χ4n) is 3.61. The number of benzene rings is 2. The molecule has 2 N–H and O–H groups in total. The predicted molar refractivity (Wildman–Crippen MR) is 106 cm³/mol. The molecule has 0 aliphatic carbocycles. The fraction of sp³-hybridized carbons (Fsp3) is 0.409. The number of phenols is 1. The largest absolute Gasteiger partial charge is 0.504 e. The lowest BCUT2D eigenvalue weighted by atomic mass is 9.94. The summed E-state index contributed by atoms with van der Waals surface area (Å²) in [4.78, 5) is 14.9. The van der Waals surface area contributed by atoms with E-state index in [1.807, 2.05) is 49.4 Å². The van der Waals surface area contributed by atoms with Gasteiger partial charge < -0.3 is 15.2 Å². The standard InChI is InChI=1S/C22H28N2O3/c1-16(17-7-4-3-5-8-17)23-22(26)18-11-13-24(14-12-18)15-19-9-6-10-20(27-2)21(19)25/h3-10,16,18,25H,11-15H2,1-2H3,(H,23,26). The number of piperidine rings is 1. The van der Waals surface area contributed by atoms with Crippen LogP contribution in [-0.2, 0) is 11.3 Å². The van der Waals surface area contributed by atoms with Crippen molar-refractivity contribution in [1.82, 2.24) is 10.2 Å². The van der Waals surface area contributed by atoms with Crippen molar-refractivity contribution in [1.29, 1.82) is 0 Å². The van der Waals surface area contributed by atoms with Crippen molar-refractivity contribution < 1.29 is 14.6 Å². The molecule has 1 aliphatic rings. The first-order valence-electron chi connectivity index (χ1n) is 9.51. The van der Waals surface area contributed by atoms with E-state index in [4.69, 9.17) is 4.74 Å². The average Bonchev–Trinajstić information content (AvgIpc) is 2.70. The second kappa shape index (κ2) is 8.91. The summed E-state index contributed by atoms with van der Waals surface area (Å²) in [5.41, 5.74) is 1.98. The van der Waals surface area contributed by atoms with Gasteiger partial charge in [-0.15, -0.1) is 0 Å². The van der Waals surface area contributed by atoms with Crippen molar-refractivity contribution in [2.24, 2.45) is 5.92 Å². The monoisotopic (exact) mass is 368 g/mol. The molecule has 1 fully saturated rings. The fourth-order valence-corrected chi connectivity index (χ4v) is 3.61. The molecule has 1 saturated heterocycles. The third-order valence-corrected chi connectivity index (χ3v) is 5.31. The van der Waals surface area contributed by atoms with Crippen LogP contribution in [0.3, 0.4) is 0 Å². The number of nitrogens with zero attached hydrogens (tertiary/aromatic N) is 1. The molecular formula is C22H28N2O3. The Morgan fingerprint density at radius 1 is 1.19 bits per heavy atom. The third kappa shape index (κ3) is 4.80. The highest BCUT2D eigenvalue weighted by Crippen LogP contribution is 2.31. The molecule has 1 unspecified atom stereocenters. The molecule has 27 heavy (non-hydrogen) atoms. The molecule has 0 aromatic heterocycles. The van der Waals surface area contributed by atoms with Crippen molar-refractivity contribution in [3.63, 3.8) is 0 Å². The zero-order chi connectivity index (χ0) is 19.2. The Morgan fingerprint density at radius 2 is 1.89 bits per heavy atom. The van der Waals surface area contributed by atoms with E-state index >= 15 is 0 Å². The number of aromatic hydroxyl groups is 1. The molecule has 5 nitrogen and oxygen atoms in total. The number of hydrogen-bond acceptors (Lipinski definition) is 4. The van der Waals surface area contributed by atoms with Crippen LogP contribution in [0.1, 0.15) is 36.9 Å². The molecule has 5 heteroatoms. The molecule has 1 atom stereocenters. The molecular weight excluding hydrogens is 340 g/mol. The van der Waals surface area contributed by atoms with Crippen LogP contribution in [0.15, 0.2) is 48.5 Å². The molecule has 1 amide bonds. The van der Waals surface area contributed by atoms with E-state index in [0.29, 0.717) is 12.3 Å². The van der Waals surface area contributed by atoms with Gasteiger partial charge in [-0.2, -0.15) is 0 Å². The molecule has 0 radical (unpaired) electrons. The number of hydrogen-bond donors (Lipinski definition) is 2. The van der Waals surface area contributed by atoms with Gasteiger partial charge in [0.05, 0.1) is 13.2 Å². The number of para-hydroxylation sites is 1. The Hall–Kier alpha value is -2.53. The lowest BCUT2D eigenvalue weighted by Crippen LogP contribution is -2.40. The summed E-state index contributed by atoms with van der Waals surface area (Å²) in [6, 6.07) is 15.6. The Kier molecular flexibility index (Phi) is 6.35. The highest BCUT2D eigenvalue weighted by molar-refractivity contribution is 5.79. The predicted octanol–water partition coefficient (Wildman–Crippen LogP) is 3.49. The first-order valence-corrected chi connectivity index (χ1v) is 9.51. The van der Waals surface area contributed by atoms with Crippen molar-refractivity contribution in [3.8, 4) is 11.5 Å². The number of carbonyl (C=O) groups excluding carboxylic acids is 1. The molecule has 0 saturated carbocycles. The molecule has 0 bridgehead atoms. The SMILES string of the molecule is COc1cccc(CN2CCC(C(=O)NC(C)c3ccccc3)CC2)c1O. The van der Waals surface area contributed by atoms with Gasteiger partial charge in [0.1, 0.15) is 0 Å². The topological polar surface area (TPSA) is 61.8 Å². The van der Waals surface area contributed by atoms with Crippen LogP contribution in [0.4, 0.5) is 0 Å². The maximum absolute atomic E-state index is 12.6. The van der Waals surface area contributed by atoms with E-state index in [1.165, 1.54) is 0 Å². The van der Waals surface area contributed by atoms with Crippen LogP contribution in [0, 0.1) is 5.92 Å². The van der Waals surface area contributed by atoms with Gasteiger partial charge in [0.15, 0.2) is 11.5 Å². The zero-order valence-electron chi connectivity index (χ0n) is 16.0. The van der Waals surface area contributed by atoms with Gasteiger partial charge in [0, 0.05) is 18.0 Å². The highest BCUT2D eigenvalue weighted by atomic mass is 16.5. The summed E-state index contributed by atoms with van der Waals surface area (Å²) in [6.07, 6.45) is 1.66. The maximum Gasteiger partial charge on any atom is 0.223 e. The highest BCUT2D eigenvalue weighted by Gasteiger charge is 2.26. The molecule has 1 aliphatic heterocycles. The lowest BCUT2D eigenvalue weighted by Gasteiger charge is -2.32. The minimum atomic E-state index is 0.0189. The Labute approximate surface area is 161 Å². The smallest absolute Gasteiger partial charge is 0.223 e. The summed E-state index contributed by atoms with van der Waals surface area (Å²) in [5.74, 6) is 0.884. The molecule has 1 heterocycles. The van der Waals surface area contributed by atoms with Gasteiger partial charge in [0.25, 0.3) is 0 Å². The summed E-state index contributed by atoms with van der Waals surface area (Å²) >= 11 is 0. The van der Waals surface area contributed by atoms with Gasteiger partial charge in [-0.25, -0.2) is 0 Å². The number of rotatable bonds is 6. The number of amides is 1. The molecule has 144 valence electrons. The second-order valence-corrected chi connectivity index (χ2v) is 7.16. The van der Waals surface area contributed by atoms with Crippen LogP contribution in [-0.4, -0.2) is 36.1 Å². The van der Waals surface area contributed by atoms with Gasteiger partial charge in [-0.05, 0) is 44.5 Å². The van der Waals surface area contributed by atoms with Crippen LogP contribution >= 0.6 is 0 Å². The third-order valence-electron chi connectivity index (χ3n) is 5.31. The number of methoxy groups -OCH3 is 1. The summed E-state index contributed by atoms with van der Waals surface area (Å²) in [7, 11) is 1.55. The molecule has 2 aromatic rings. The number of nitrogens with one attached hydrogen (secondary N) is 1. The summed E-state index contributed by atoms with van der Waals surface area (Å²) in [6.45, 7) is 4.37. The average molecular weight is 368 g/mol. The van der Waals surface area contributed by atoms with Crippen molar-refractivity contribution in [2.45, 2.75) is 32.4 Å². The Balaban J connectivity index is 1.51. The number of phenolic OH excluding ortho intramolecular Hbond substituents is 1. The molecule has 3 rings (SSSR count). The van der Waals surface area contributed by atoms with Crippen LogP contribution < -0.4 is 10.1 Å². The van der Waals surface area contributed by atoms with E-state index in [-0.39, 0.29) is 23.6 Å². The summed E-state index contributed by atoms with van der Waals surface area (Å²) in [5, 5.41) is 13.4. The van der Waals surface area contributed by atoms with Gasteiger partial charge in [-0.1, -0.05) is 42.5 Å². The van der Waals surface area contributed by atoms with E-state index in [2.05, 4.69) is 10.2 Å². The van der Waals surface area contributed by atoms with Crippen LogP contribution in [0.25, 0.3) is 0 Å². The van der Waals surface area contributed by atoms with E-state index in [9.17, 15) is 9.90 Å². The minimum absolute atomic E-state index is 0.0189. The first kappa shape index (κ1) is 19.2. The Morgan fingerprint density at radius 3 is 2.56 bits per heavy atom. The first-order chi connectivity index (χ1) is 13.1. The minimum Gasteiger partial charge on any atom is -0.504 e. The lowest BCUT2D eigenvalue weighted by molar-refractivity contribution is -0.127. The maximum atomic E-state index is 12.6. The van der Waals surface area contributed by atoms with E-state index < -0.39 is 0 Å². The number of ether oxygens (including phenoxy) is 1. The quantitative estimate of drug-likeness (QED) is 0.819. The molecule has 2 aromatic carbocycles. The van der Waals surface area contributed by atoms with E-state index in [0.717, 1.165) is 37.1 Å². The van der Waals surface area contributed by atoms with Gasteiger partial charge in [0.2, 0.25) is 5.91 Å². The van der Waals surface area contributed by atoms with E-state index in [1.54, 1.807) is 13.2 Å². The molecule has 0 spiro atoms. The Bertz CT molecular complexity index is 755. The zero-order valence-corrected chi connectivity index (χ0v) is 16.0.